The first-order valence-corrected chi connectivity index (χ1v) is 22.1. The number of nitrogens with zero attached hydrogens (tertiary/aromatic N) is 8. The minimum absolute atomic E-state index is 0.00200. The van der Waals surface area contributed by atoms with Gasteiger partial charge in [0, 0.05) is 62.0 Å². The molecule has 4 heterocycles. The van der Waals surface area contributed by atoms with Crippen LogP contribution in [0.5, 0.6) is 5.75 Å². The van der Waals surface area contributed by atoms with E-state index in [1.165, 1.54) is 65.2 Å². The Balaban J connectivity index is 0.799. The van der Waals surface area contributed by atoms with Crippen molar-refractivity contribution in [3.8, 4) is 11.4 Å². The molecule has 2 saturated heterocycles. The zero-order chi connectivity index (χ0) is 48.0. The van der Waals surface area contributed by atoms with Crippen LogP contribution in [0.1, 0.15) is 65.9 Å². The summed E-state index contributed by atoms with van der Waals surface area (Å²) in [6.45, 7) is 8.76. The number of anilines is 2. The first-order valence-electron chi connectivity index (χ1n) is 22.1. The summed E-state index contributed by atoms with van der Waals surface area (Å²) in [5.41, 5.74) is 1.53. The Morgan fingerprint density at radius 2 is 1.47 bits per heavy atom. The van der Waals surface area contributed by atoms with Crippen LogP contribution < -0.4 is 20.2 Å². The van der Waals surface area contributed by atoms with Gasteiger partial charge < -0.3 is 38.6 Å². The van der Waals surface area contributed by atoms with E-state index in [9.17, 15) is 23.6 Å². The highest BCUT2D eigenvalue weighted by atomic mass is 19.1. The van der Waals surface area contributed by atoms with Gasteiger partial charge in [-0.2, -0.15) is 10.2 Å². The minimum atomic E-state index is -1.33. The molecule has 0 amide bonds. The quantitative estimate of drug-likeness (QED) is 0.0755. The number of halogens is 2. The smallest absolute Gasteiger partial charge is 0.493 e. The number of carbonyl (C=O) groups is 3. The fourth-order valence-electron chi connectivity index (χ4n) is 8.61. The summed E-state index contributed by atoms with van der Waals surface area (Å²) in [4.78, 5) is 58.4. The fourth-order valence-corrected chi connectivity index (χ4v) is 8.61. The summed E-state index contributed by atoms with van der Waals surface area (Å²) in [6, 6.07) is 23.5. The average molecular weight is 937 g/mol. The van der Waals surface area contributed by atoms with Gasteiger partial charge in [0.2, 0.25) is 6.29 Å². The topological polar surface area (TPSA) is 195 Å². The van der Waals surface area contributed by atoms with Crippen LogP contribution in [-0.2, 0) is 31.1 Å². The van der Waals surface area contributed by atoms with E-state index in [1.807, 2.05) is 55.5 Å². The van der Waals surface area contributed by atoms with Crippen LogP contribution in [0, 0.1) is 17.6 Å². The van der Waals surface area contributed by atoms with Crippen molar-refractivity contribution in [2.24, 2.45) is 5.92 Å². The first-order chi connectivity index (χ1) is 32.8. The lowest BCUT2D eigenvalue weighted by molar-refractivity contribution is -0.0919. The van der Waals surface area contributed by atoms with Crippen LogP contribution in [0.15, 0.2) is 115 Å². The molecule has 2 aliphatic rings. The number of ether oxygens (including phenoxy) is 5. The van der Waals surface area contributed by atoms with Crippen molar-refractivity contribution >= 4 is 29.5 Å². The van der Waals surface area contributed by atoms with Crippen molar-refractivity contribution in [1.82, 2.24) is 29.1 Å². The van der Waals surface area contributed by atoms with Gasteiger partial charge in [0.15, 0.2) is 0 Å². The molecular weight excluding hydrogens is 887 g/mol. The number of rotatable bonds is 17. The lowest BCUT2D eigenvalue weighted by Crippen LogP contribution is -2.46. The van der Waals surface area contributed by atoms with Gasteiger partial charge in [-0.05, 0) is 98.6 Å². The van der Waals surface area contributed by atoms with Crippen molar-refractivity contribution in [3.63, 3.8) is 0 Å². The van der Waals surface area contributed by atoms with E-state index >= 15 is 4.39 Å². The molecule has 0 aliphatic carbocycles. The third-order valence-electron chi connectivity index (χ3n) is 12.1. The normalized spacial score (nSPS) is 18.4. The molecule has 4 aromatic carbocycles. The van der Waals surface area contributed by atoms with Crippen LogP contribution in [0.2, 0.25) is 0 Å². The summed E-state index contributed by atoms with van der Waals surface area (Å²) in [6.07, 6.45) is 1.90. The molecule has 0 saturated carbocycles. The summed E-state index contributed by atoms with van der Waals surface area (Å²) >= 11 is 0. The van der Waals surface area contributed by atoms with Crippen molar-refractivity contribution < 1.29 is 52.0 Å². The zero-order valence-corrected chi connectivity index (χ0v) is 37.5. The molecule has 0 bridgehead atoms. The van der Waals surface area contributed by atoms with Crippen LogP contribution in [0.25, 0.3) is 5.69 Å². The van der Waals surface area contributed by atoms with E-state index in [0.717, 1.165) is 43.6 Å². The highest BCUT2D eigenvalue weighted by Crippen LogP contribution is 2.42. The van der Waals surface area contributed by atoms with E-state index in [1.54, 1.807) is 17.9 Å². The molecule has 8 rings (SSSR count). The van der Waals surface area contributed by atoms with Crippen LogP contribution in [0.4, 0.5) is 25.0 Å². The molecule has 1 unspecified atom stereocenters. The Kier molecular flexibility index (Phi) is 14.1. The molecule has 356 valence electrons. The van der Waals surface area contributed by atoms with Crippen molar-refractivity contribution in [1.29, 1.82) is 0 Å². The second kappa shape index (κ2) is 20.5. The van der Waals surface area contributed by atoms with Crippen LogP contribution in [0.3, 0.4) is 0 Å². The number of benzene rings is 4. The fraction of sp³-hybridized carbons (Fsp3) is 0.354. The van der Waals surface area contributed by atoms with Crippen molar-refractivity contribution in [2.75, 3.05) is 49.2 Å². The van der Waals surface area contributed by atoms with Gasteiger partial charge in [-0.1, -0.05) is 13.0 Å². The highest BCUT2D eigenvalue weighted by Gasteiger charge is 2.45. The number of carbonyl (C=O) groups excluding carboxylic acids is 2. The predicted molar refractivity (Wildman–Crippen MR) is 241 cm³/mol. The Morgan fingerprint density at radius 1 is 0.824 bits per heavy atom. The predicted octanol–water partition coefficient (Wildman–Crippen LogP) is 6.64. The summed E-state index contributed by atoms with van der Waals surface area (Å²) in [5, 5.41) is 17.6. The molecule has 2 aliphatic heterocycles. The average Bonchev–Trinajstić information content (AvgIpc) is 4.10. The molecule has 2 fully saturated rings. The molecule has 1 N–H and O–H groups in total. The number of hydrogen-bond acceptors (Lipinski definition) is 14. The maximum atomic E-state index is 15.1. The van der Waals surface area contributed by atoms with E-state index in [2.05, 4.69) is 25.0 Å². The molecule has 20 heteroatoms. The highest BCUT2D eigenvalue weighted by molar-refractivity contribution is 5.92. The Morgan fingerprint density at radius 3 is 2.09 bits per heavy atom. The zero-order valence-electron chi connectivity index (χ0n) is 37.5. The Bertz CT molecular complexity index is 2740. The van der Waals surface area contributed by atoms with E-state index < -0.39 is 59.5 Å². The van der Waals surface area contributed by atoms with Gasteiger partial charge in [-0.3, -0.25) is 0 Å². The van der Waals surface area contributed by atoms with Gasteiger partial charge in [0.1, 0.15) is 48.1 Å². The van der Waals surface area contributed by atoms with Crippen LogP contribution >= 0.6 is 0 Å². The molecule has 0 spiro atoms. The van der Waals surface area contributed by atoms with E-state index in [0.29, 0.717) is 37.5 Å². The molecule has 68 heavy (non-hydrogen) atoms. The Labute approximate surface area is 389 Å². The second-order valence-electron chi connectivity index (χ2n) is 16.6. The number of piperazine rings is 1. The Hall–Kier alpha value is -7.61. The number of carboxylic acid groups (broad SMARTS) is 1. The lowest BCUT2D eigenvalue weighted by Gasteiger charge is -2.37. The second-order valence-corrected chi connectivity index (χ2v) is 16.6. The monoisotopic (exact) mass is 936 g/mol. The third-order valence-corrected chi connectivity index (χ3v) is 12.1. The van der Waals surface area contributed by atoms with Gasteiger partial charge in [0.25, 0.3) is 0 Å². The number of esters is 1. The summed E-state index contributed by atoms with van der Waals surface area (Å²) in [5.74, 6) is -2.65. The maximum absolute atomic E-state index is 15.1. The largest absolute Gasteiger partial charge is 0.511 e. The minimum Gasteiger partial charge on any atom is -0.493 e. The van der Waals surface area contributed by atoms with Gasteiger partial charge in [-0.25, -0.2) is 46.9 Å². The van der Waals surface area contributed by atoms with Crippen LogP contribution in [-0.4, -0.2) is 104 Å². The lowest BCUT2D eigenvalue weighted by atomic mass is 9.87. The third kappa shape index (κ3) is 10.6. The SMILES string of the molecule is CC[C@@H]([C@H](C)OC(=O)OC(C)OC(=O)c1ccc(C(=O)O)cc1)n1ncn(-c2ccc(N3CCN(c4ccc(OC[C@@H]5CO[C@@](Cn6cncn6)(c6ccc(F)cc6F)C5)cc4)CC3)cc2)c1=O. The van der Waals surface area contributed by atoms with Gasteiger partial charge in [-0.15, -0.1) is 0 Å². The summed E-state index contributed by atoms with van der Waals surface area (Å²) < 4.78 is 61.3. The molecular formula is C48H50F2N8O10. The maximum Gasteiger partial charge on any atom is 0.511 e. The molecule has 5 atom stereocenters. The van der Waals surface area contributed by atoms with E-state index in [4.69, 9.17) is 28.8 Å². The van der Waals surface area contributed by atoms with Gasteiger partial charge >= 0.3 is 23.8 Å². The number of aromatic carboxylic acids is 1. The number of carboxylic acids is 1. The van der Waals surface area contributed by atoms with E-state index in [-0.39, 0.29) is 29.2 Å². The first kappa shape index (κ1) is 46.9. The summed E-state index contributed by atoms with van der Waals surface area (Å²) in [7, 11) is 0. The van der Waals surface area contributed by atoms with Crippen molar-refractivity contribution in [3.05, 3.63) is 149 Å². The molecule has 0 radical (unpaired) electrons. The molecule has 18 nitrogen and oxygen atoms in total. The number of hydrogen-bond donors (Lipinski definition) is 1. The number of aromatic nitrogens is 6. The molecule has 2 aromatic heterocycles. The van der Waals surface area contributed by atoms with Gasteiger partial charge in [0.05, 0.1) is 42.6 Å². The standard InChI is InChI=1S/C48H50F2N8O10/c1-4-43(31(2)66-47(63)68-32(3)67-45(61)35-7-5-34(6-8-35)44(59)60)58-46(62)57(30-53-58)39-12-10-37(11-13-39)54-19-21-55(22-20-54)38-14-16-40(17-15-38)64-25-33-24-48(65-26-33,27-56-29-51-28-52-56)41-18-9-36(49)23-42(41)50/h5-18,23,28-33,43H,4,19-22,24-27H2,1-3H3,(H,59,60)/t31-,32?,33+,43-,48-/m0/s1. The van der Waals surface area contributed by atoms with Crippen molar-refractivity contribution in [2.45, 2.75) is 64.2 Å². The molecule has 6 aromatic rings.